The average Bonchev–Trinajstić information content (AvgIpc) is 2.39. The van der Waals surface area contributed by atoms with Crippen molar-refractivity contribution in [3.8, 4) is 0 Å². The Morgan fingerprint density at radius 3 is 2.55 bits per heavy atom. The summed E-state index contributed by atoms with van der Waals surface area (Å²) in [7, 11) is 0. The van der Waals surface area contributed by atoms with Crippen molar-refractivity contribution in [1.82, 2.24) is 0 Å². The van der Waals surface area contributed by atoms with E-state index in [0.29, 0.717) is 12.3 Å². The first-order valence-corrected chi connectivity index (χ1v) is 8.73. The Balaban J connectivity index is 2.22. The maximum absolute atomic E-state index is 10.8. The Kier molecular flexibility index (Phi) is 5.99. The third-order valence-corrected chi connectivity index (χ3v) is 5.38. The van der Waals surface area contributed by atoms with Crippen LogP contribution in [0.5, 0.6) is 0 Å². The predicted molar refractivity (Wildman–Crippen MR) is 91.0 cm³/mol. The molecular formula is C15H17Cl2IO2. The fourth-order valence-corrected chi connectivity index (χ4v) is 4.69. The van der Waals surface area contributed by atoms with Crippen molar-refractivity contribution >= 4 is 51.8 Å². The van der Waals surface area contributed by atoms with E-state index in [9.17, 15) is 4.79 Å². The summed E-state index contributed by atoms with van der Waals surface area (Å²) in [6, 6.07) is 3.90. The molecule has 2 rings (SSSR count). The summed E-state index contributed by atoms with van der Waals surface area (Å²) in [5, 5.41) is 8.73. The summed E-state index contributed by atoms with van der Waals surface area (Å²) in [6.45, 7) is 0. The summed E-state index contributed by atoms with van der Waals surface area (Å²) in [4.78, 5) is 10.8. The Morgan fingerprint density at radius 2 is 2.00 bits per heavy atom. The van der Waals surface area contributed by atoms with Gasteiger partial charge >= 0.3 is 5.97 Å². The number of carboxylic acid groups (broad SMARTS) is 1. The van der Waals surface area contributed by atoms with Gasteiger partial charge in [-0.25, -0.2) is 0 Å². The van der Waals surface area contributed by atoms with Crippen LogP contribution >= 0.6 is 45.8 Å². The number of carboxylic acids is 1. The van der Waals surface area contributed by atoms with E-state index in [1.807, 2.05) is 12.1 Å². The second-order valence-corrected chi connectivity index (χ2v) is 7.41. The van der Waals surface area contributed by atoms with Gasteiger partial charge in [0.05, 0.1) is 0 Å². The van der Waals surface area contributed by atoms with E-state index in [4.69, 9.17) is 28.3 Å². The highest BCUT2D eigenvalue weighted by Gasteiger charge is 2.22. The van der Waals surface area contributed by atoms with Crippen LogP contribution in [0.3, 0.4) is 0 Å². The Bertz CT molecular complexity index is 476. The fourth-order valence-electron chi connectivity index (χ4n) is 2.83. The molecule has 5 heteroatoms. The van der Waals surface area contributed by atoms with E-state index in [1.54, 1.807) is 0 Å². The van der Waals surface area contributed by atoms with Crippen LogP contribution in [0.1, 0.15) is 49.1 Å². The lowest BCUT2D eigenvalue weighted by molar-refractivity contribution is -0.136. The molecule has 1 aliphatic carbocycles. The maximum atomic E-state index is 10.8. The molecular weight excluding hydrogens is 410 g/mol. The number of aliphatic carboxylic acids is 1. The van der Waals surface area contributed by atoms with Crippen molar-refractivity contribution in [2.45, 2.75) is 49.8 Å². The number of hydrogen-bond donors (Lipinski definition) is 1. The van der Waals surface area contributed by atoms with Crippen LogP contribution in [0.25, 0.3) is 0 Å². The zero-order valence-corrected chi connectivity index (χ0v) is 14.7. The van der Waals surface area contributed by atoms with Crippen molar-refractivity contribution in [2.24, 2.45) is 0 Å². The summed E-state index contributed by atoms with van der Waals surface area (Å²) >= 11 is 14.5. The molecule has 1 unspecified atom stereocenters. The highest BCUT2D eigenvalue weighted by molar-refractivity contribution is 14.1. The Labute approximate surface area is 143 Å². The van der Waals surface area contributed by atoms with E-state index >= 15 is 0 Å². The third-order valence-electron chi connectivity index (χ3n) is 3.84. The molecule has 0 saturated heterocycles. The van der Waals surface area contributed by atoms with Crippen LogP contribution in [0.15, 0.2) is 12.1 Å². The molecule has 0 heterocycles. The Morgan fingerprint density at radius 1 is 1.35 bits per heavy atom. The number of benzene rings is 1. The Hall–Kier alpha value is -0.000000000000000111. The summed E-state index contributed by atoms with van der Waals surface area (Å²) in [6.07, 6.45) is 6.54. The molecule has 1 aromatic carbocycles. The molecule has 1 aromatic rings. The monoisotopic (exact) mass is 426 g/mol. The molecule has 2 nitrogen and oxygen atoms in total. The minimum absolute atomic E-state index is 0.303. The standard InChI is InChI=1S/C15H17Cl2IO2/c16-11-6-9(7-12(17)15(19)20)8-13(18)14(11)10-4-2-1-3-5-10/h6,8,10,12H,1-5,7H2,(H,19,20). The first-order valence-electron chi connectivity index (χ1n) is 6.83. The van der Waals surface area contributed by atoms with E-state index in [0.717, 1.165) is 14.2 Å². The SMILES string of the molecule is O=C(O)C(Cl)Cc1cc(Cl)c(C2CCCCC2)c(I)c1. The highest BCUT2D eigenvalue weighted by Crippen LogP contribution is 2.39. The van der Waals surface area contributed by atoms with Crippen LogP contribution in [-0.2, 0) is 11.2 Å². The molecule has 1 aliphatic rings. The lowest BCUT2D eigenvalue weighted by Gasteiger charge is -2.24. The minimum atomic E-state index is -0.992. The van der Waals surface area contributed by atoms with Gasteiger partial charge in [-0.15, -0.1) is 11.6 Å². The molecule has 1 atom stereocenters. The second-order valence-electron chi connectivity index (χ2n) is 5.32. The van der Waals surface area contributed by atoms with E-state index < -0.39 is 11.3 Å². The number of carbonyl (C=O) groups is 1. The number of rotatable bonds is 4. The van der Waals surface area contributed by atoms with Gasteiger partial charge < -0.3 is 5.11 Å². The largest absolute Gasteiger partial charge is 0.480 e. The van der Waals surface area contributed by atoms with Crippen molar-refractivity contribution in [3.63, 3.8) is 0 Å². The summed E-state index contributed by atoms with van der Waals surface area (Å²) in [5.41, 5.74) is 2.12. The molecule has 0 spiro atoms. The quantitative estimate of drug-likeness (QED) is 0.528. The van der Waals surface area contributed by atoms with Gasteiger partial charge in [0.2, 0.25) is 0 Å². The lowest BCUT2D eigenvalue weighted by atomic mass is 9.83. The van der Waals surface area contributed by atoms with Gasteiger partial charge in [-0.2, -0.15) is 0 Å². The summed E-state index contributed by atoms with van der Waals surface area (Å²) < 4.78 is 1.13. The normalized spacial score (nSPS) is 17.9. The van der Waals surface area contributed by atoms with Crippen LogP contribution in [0.4, 0.5) is 0 Å². The van der Waals surface area contributed by atoms with Crippen molar-refractivity contribution in [2.75, 3.05) is 0 Å². The van der Waals surface area contributed by atoms with E-state index in [1.165, 1.54) is 37.7 Å². The molecule has 1 N–H and O–H groups in total. The van der Waals surface area contributed by atoms with Crippen molar-refractivity contribution < 1.29 is 9.90 Å². The molecule has 110 valence electrons. The average molecular weight is 427 g/mol. The topological polar surface area (TPSA) is 37.3 Å². The maximum Gasteiger partial charge on any atom is 0.321 e. The van der Waals surface area contributed by atoms with Crippen LogP contribution < -0.4 is 0 Å². The van der Waals surface area contributed by atoms with Gasteiger partial charge in [0.15, 0.2) is 0 Å². The summed E-state index contributed by atoms with van der Waals surface area (Å²) in [5.74, 6) is -0.447. The van der Waals surface area contributed by atoms with E-state index in [2.05, 4.69) is 22.6 Å². The zero-order valence-electron chi connectivity index (χ0n) is 11.0. The molecule has 0 aliphatic heterocycles. The molecule has 1 fully saturated rings. The molecule has 0 aromatic heterocycles. The lowest BCUT2D eigenvalue weighted by Crippen LogP contribution is -2.16. The number of halogens is 3. The highest BCUT2D eigenvalue weighted by atomic mass is 127. The van der Waals surface area contributed by atoms with Crippen LogP contribution in [-0.4, -0.2) is 16.5 Å². The van der Waals surface area contributed by atoms with Gasteiger partial charge in [0, 0.05) is 8.59 Å². The van der Waals surface area contributed by atoms with Crippen molar-refractivity contribution in [3.05, 3.63) is 31.9 Å². The minimum Gasteiger partial charge on any atom is -0.480 e. The smallest absolute Gasteiger partial charge is 0.321 e. The number of alkyl halides is 1. The first-order chi connectivity index (χ1) is 9.49. The third kappa shape index (κ3) is 4.01. The first kappa shape index (κ1) is 16.4. The molecule has 20 heavy (non-hydrogen) atoms. The number of hydrogen-bond acceptors (Lipinski definition) is 1. The van der Waals surface area contributed by atoms with Gasteiger partial charge in [-0.05, 0) is 71.0 Å². The zero-order chi connectivity index (χ0) is 14.7. The predicted octanol–water partition coefficient (Wildman–Crippen LogP) is 5.23. The molecule has 0 bridgehead atoms. The molecule has 1 saturated carbocycles. The molecule has 0 amide bonds. The second kappa shape index (κ2) is 7.32. The van der Waals surface area contributed by atoms with Gasteiger partial charge in [0.25, 0.3) is 0 Å². The van der Waals surface area contributed by atoms with Gasteiger partial charge in [0.1, 0.15) is 5.38 Å². The van der Waals surface area contributed by atoms with E-state index in [-0.39, 0.29) is 0 Å². The van der Waals surface area contributed by atoms with Crippen LogP contribution in [0.2, 0.25) is 5.02 Å². The fraction of sp³-hybridized carbons (Fsp3) is 0.533. The molecule has 0 radical (unpaired) electrons. The van der Waals surface area contributed by atoms with Crippen LogP contribution in [0, 0.1) is 3.57 Å². The van der Waals surface area contributed by atoms with Gasteiger partial charge in [-0.3, -0.25) is 4.79 Å². The van der Waals surface area contributed by atoms with Gasteiger partial charge in [-0.1, -0.05) is 30.9 Å². The van der Waals surface area contributed by atoms with Crippen molar-refractivity contribution in [1.29, 1.82) is 0 Å².